The van der Waals surface area contributed by atoms with Gasteiger partial charge in [0.15, 0.2) is 5.82 Å². The van der Waals surface area contributed by atoms with Crippen molar-refractivity contribution in [2.24, 2.45) is 0 Å². The minimum atomic E-state index is -0.0974. The molecule has 0 saturated carbocycles. The average Bonchev–Trinajstić information content (AvgIpc) is 3.21. The lowest BCUT2D eigenvalue weighted by Crippen LogP contribution is -2.28. The third-order valence-corrected chi connectivity index (χ3v) is 4.29. The summed E-state index contributed by atoms with van der Waals surface area (Å²) < 4.78 is 1.66. The number of anilines is 1. The number of nitrogens with one attached hydrogen (secondary N) is 2. The van der Waals surface area contributed by atoms with E-state index in [4.69, 9.17) is 0 Å². The van der Waals surface area contributed by atoms with Crippen LogP contribution in [0, 0.1) is 13.8 Å². The van der Waals surface area contributed by atoms with Gasteiger partial charge in [-0.3, -0.25) is 4.79 Å². The van der Waals surface area contributed by atoms with E-state index in [1.165, 1.54) is 17.7 Å². The molecule has 0 spiro atoms. The van der Waals surface area contributed by atoms with Gasteiger partial charge < -0.3 is 10.6 Å². The van der Waals surface area contributed by atoms with Crippen molar-refractivity contribution in [1.82, 2.24) is 30.0 Å². The first-order valence-corrected chi connectivity index (χ1v) is 8.23. The number of hydrogen-bond donors (Lipinski definition) is 2. The van der Waals surface area contributed by atoms with Gasteiger partial charge in [0.25, 0.3) is 5.91 Å². The molecular formula is C15H17N7OS. The van der Waals surface area contributed by atoms with Gasteiger partial charge in [-0.05, 0) is 19.9 Å². The van der Waals surface area contributed by atoms with Crippen LogP contribution in [0.3, 0.4) is 0 Å². The third-order valence-electron chi connectivity index (χ3n) is 3.22. The molecule has 9 heteroatoms. The topological polar surface area (TPSA) is 97.6 Å². The number of nitrogens with zero attached hydrogens (tertiary/aromatic N) is 5. The van der Waals surface area contributed by atoms with E-state index >= 15 is 0 Å². The van der Waals surface area contributed by atoms with Gasteiger partial charge in [-0.15, -0.1) is 11.3 Å². The Morgan fingerprint density at radius 2 is 2.17 bits per heavy atom. The van der Waals surface area contributed by atoms with Crippen LogP contribution in [0.2, 0.25) is 0 Å². The number of aryl methyl sites for hydroxylation is 2. The summed E-state index contributed by atoms with van der Waals surface area (Å²) in [7, 11) is 0. The Labute approximate surface area is 143 Å². The van der Waals surface area contributed by atoms with Crippen molar-refractivity contribution in [3.05, 3.63) is 46.4 Å². The Bertz CT molecular complexity index is 828. The van der Waals surface area contributed by atoms with Gasteiger partial charge in [-0.1, -0.05) is 0 Å². The molecule has 124 valence electrons. The zero-order chi connectivity index (χ0) is 16.9. The first kappa shape index (κ1) is 16.1. The SMILES string of the molecule is Cc1nc(C)c(C(=O)NCCNc2cc(-n3cccn3)ncn2)s1. The van der Waals surface area contributed by atoms with E-state index in [0.717, 1.165) is 10.7 Å². The van der Waals surface area contributed by atoms with Crippen LogP contribution in [0.4, 0.5) is 5.82 Å². The van der Waals surface area contributed by atoms with E-state index < -0.39 is 0 Å². The first-order chi connectivity index (χ1) is 11.6. The average molecular weight is 343 g/mol. The summed E-state index contributed by atoms with van der Waals surface area (Å²) in [6.45, 7) is 4.77. The highest BCUT2D eigenvalue weighted by atomic mass is 32.1. The van der Waals surface area contributed by atoms with Crippen molar-refractivity contribution in [2.45, 2.75) is 13.8 Å². The van der Waals surface area contributed by atoms with Crippen molar-refractivity contribution in [1.29, 1.82) is 0 Å². The standard InChI is InChI=1S/C15H17N7OS/c1-10-14(24-11(2)21-10)15(23)17-6-5-16-12-8-13(19-9-18-12)22-7-3-4-20-22/h3-4,7-9H,5-6H2,1-2H3,(H,17,23)(H,16,18,19). The predicted octanol–water partition coefficient (Wildman–Crippen LogP) is 1.58. The first-order valence-electron chi connectivity index (χ1n) is 7.41. The highest BCUT2D eigenvalue weighted by molar-refractivity contribution is 7.13. The number of aromatic nitrogens is 5. The van der Waals surface area contributed by atoms with Gasteiger partial charge in [0.1, 0.15) is 17.0 Å². The van der Waals surface area contributed by atoms with Crippen molar-refractivity contribution < 1.29 is 4.79 Å². The maximum Gasteiger partial charge on any atom is 0.263 e. The molecule has 0 aliphatic rings. The lowest BCUT2D eigenvalue weighted by atomic mass is 10.3. The predicted molar refractivity (Wildman–Crippen MR) is 91.6 cm³/mol. The summed E-state index contributed by atoms with van der Waals surface area (Å²) in [6, 6.07) is 3.62. The normalized spacial score (nSPS) is 10.6. The number of thiazole rings is 1. The molecular weight excluding hydrogens is 326 g/mol. The Kier molecular flexibility index (Phi) is 4.80. The summed E-state index contributed by atoms with van der Waals surface area (Å²) in [5.41, 5.74) is 0.766. The van der Waals surface area contributed by atoms with Crippen LogP contribution in [0.1, 0.15) is 20.4 Å². The third kappa shape index (κ3) is 3.74. The van der Waals surface area contributed by atoms with Crippen LogP contribution >= 0.6 is 11.3 Å². The number of carbonyl (C=O) groups is 1. The van der Waals surface area contributed by atoms with Crippen molar-refractivity contribution >= 4 is 23.1 Å². The van der Waals surface area contributed by atoms with Gasteiger partial charge >= 0.3 is 0 Å². The van der Waals surface area contributed by atoms with E-state index in [0.29, 0.717) is 29.6 Å². The van der Waals surface area contributed by atoms with Crippen molar-refractivity contribution in [2.75, 3.05) is 18.4 Å². The number of hydrogen-bond acceptors (Lipinski definition) is 7. The Hall–Kier alpha value is -2.81. The van der Waals surface area contributed by atoms with Crippen LogP contribution in [0.5, 0.6) is 0 Å². The fraction of sp³-hybridized carbons (Fsp3) is 0.267. The fourth-order valence-electron chi connectivity index (χ4n) is 2.16. The second-order valence-corrected chi connectivity index (χ2v) is 6.25. The van der Waals surface area contributed by atoms with Crippen LogP contribution in [0.15, 0.2) is 30.9 Å². The van der Waals surface area contributed by atoms with Crippen LogP contribution in [-0.4, -0.2) is 43.7 Å². The molecule has 0 radical (unpaired) electrons. The molecule has 3 aromatic rings. The largest absolute Gasteiger partial charge is 0.368 e. The van der Waals surface area contributed by atoms with Gasteiger partial charge in [-0.25, -0.2) is 19.6 Å². The molecule has 0 unspecified atom stereocenters. The van der Waals surface area contributed by atoms with Gasteiger partial charge in [0.05, 0.1) is 10.7 Å². The molecule has 0 fully saturated rings. The zero-order valence-corrected chi connectivity index (χ0v) is 14.2. The molecule has 24 heavy (non-hydrogen) atoms. The molecule has 0 aliphatic carbocycles. The maximum atomic E-state index is 12.1. The lowest BCUT2D eigenvalue weighted by molar-refractivity contribution is 0.0958. The number of amides is 1. The van der Waals surface area contributed by atoms with Crippen LogP contribution < -0.4 is 10.6 Å². The quantitative estimate of drug-likeness (QED) is 0.660. The second kappa shape index (κ2) is 7.18. The van der Waals surface area contributed by atoms with Gasteiger partial charge in [-0.2, -0.15) is 5.10 Å². The Balaban J connectivity index is 1.51. The molecule has 0 aliphatic heterocycles. The number of carbonyl (C=O) groups excluding carboxylic acids is 1. The van der Waals surface area contributed by atoms with Crippen LogP contribution in [0.25, 0.3) is 5.82 Å². The van der Waals surface area contributed by atoms with E-state index in [1.807, 2.05) is 26.1 Å². The maximum absolute atomic E-state index is 12.1. The fourth-order valence-corrected chi connectivity index (χ4v) is 3.00. The summed E-state index contributed by atoms with van der Waals surface area (Å²) >= 11 is 1.40. The van der Waals surface area contributed by atoms with Crippen LogP contribution in [-0.2, 0) is 0 Å². The zero-order valence-electron chi connectivity index (χ0n) is 13.4. The summed E-state index contributed by atoms with van der Waals surface area (Å²) in [5.74, 6) is 1.26. The number of rotatable bonds is 6. The van der Waals surface area contributed by atoms with E-state index in [9.17, 15) is 4.79 Å². The second-order valence-electron chi connectivity index (χ2n) is 5.04. The van der Waals surface area contributed by atoms with Crippen molar-refractivity contribution in [3.63, 3.8) is 0 Å². The molecule has 0 bridgehead atoms. The molecule has 3 rings (SSSR count). The summed E-state index contributed by atoms with van der Waals surface area (Å²) in [6.07, 6.45) is 4.97. The van der Waals surface area contributed by atoms with Crippen molar-refractivity contribution in [3.8, 4) is 5.82 Å². The molecule has 0 atom stereocenters. The molecule has 2 N–H and O–H groups in total. The molecule has 3 aromatic heterocycles. The summed E-state index contributed by atoms with van der Waals surface area (Å²) in [4.78, 5) is 25.3. The molecule has 0 aromatic carbocycles. The highest BCUT2D eigenvalue weighted by Gasteiger charge is 2.12. The molecule has 1 amide bonds. The smallest absolute Gasteiger partial charge is 0.263 e. The van der Waals surface area contributed by atoms with E-state index in [2.05, 4.69) is 30.7 Å². The van der Waals surface area contributed by atoms with Gasteiger partial charge in [0.2, 0.25) is 0 Å². The molecule has 8 nitrogen and oxygen atoms in total. The lowest BCUT2D eigenvalue weighted by Gasteiger charge is -2.08. The summed E-state index contributed by atoms with van der Waals surface area (Å²) in [5, 5.41) is 11.0. The minimum absolute atomic E-state index is 0.0974. The van der Waals surface area contributed by atoms with E-state index in [1.54, 1.807) is 16.9 Å². The molecule has 0 saturated heterocycles. The Morgan fingerprint density at radius 3 is 2.88 bits per heavy atom. The Morgan fingerprint density at radius 1 is 1.29 bits per heavy atom. The van der Waals surface area contributed by atoms with E-state index in [-0.39, 0.29) is 5.91 Å². The monoisotopic (exact) mass is 343 g/mol. The van der Waals surface area contributed by atoms with Gasteiger partial charge in [0, 0.05) is 31.5 Å². The molecule has 3 heterocycles. The minimum Gasteiger partial charge on any atom is -0.368 e. The highest BCUT2D eigenvalue weighted by Crippen LogP contribution is 2.16.